The van der Waals surface area contributed by atoms with Gasteiger partial charge in [-0.25, -0.2) is 0 Å². The van der Waals surface area contributed by atoms with Gasteiger partial charge in [0.1, 0.15) is 61.0 Å². The number of aliphatic hydroxyl groups is 11. The highest BCUT2D eigenvalue weighted by atomic mass is 16.7. The Morgan fingerprint density at radius 2 is 1.35 bits per heavy atom. The summed E-state index contributed by atoms with van der Waals surface area (Å²) in [4.78, 5) is 0. The Morgan fingerprint density at radius 1 is 0.698 bits per heavy atom. The third-order valence-corrected chi connectivity index (χ3v) is 17.9. The maximum absolute atomic E-state index is 12.5. The summed E-state index contributed by atoms with van der Waals surface area (Å²) in [5.41, 5.74) is -1.50. The summed E-state index contributed by atoms with van der Waals surface area (Å²) in [6.07, 6.45) is -14.4. The van der Waals surface area contributed by atoms with Crippen LogP contribution in [0.2, 0.25) is 0 Å². The van der Waals surface area contributed by atoms with E-state index in [1.54, 1.807) is 0 Å². The fourth-order valence-corrected chi connectivity index (χ4v) is 14.3. The van der Waals surface area contributed by atoms with E-state index in [-0.39, 0.29) is 47.7 Å². The van der Waals surface area contributed by atoms with E-state index in [1.165, 1.54) is 0 Å². The SMILES string of the molecule is CC(C)=CCC[C@](C)(O[C@@H]1O[C@H](CO[C@H]2OC[C@H](O[C@@H]3OC[C@@H](O)[C@H](O)[C@H]3O)[C@H](O)[C@H]2O)[C@@H](O)[C@H](O)[C@H]1O)[C@H]1CC[C@]2(C)[C@@H]1[C@H](O)C[C@@H]1[C@@]3(C)CC[C@H](O)C(C)(C)[C@@H]3[C@@H](O)C[C@]12C. The van der Waals surface area contributed by atoms with Crippen LogP contribution < -0.4 is 0 Å². The van der Waals surface area contributed by atoms with Gasteiger partial charge in [0.15, 0.2) is 18.9 Å². The molecule has 7 rings (SSSR count). The lowest BCUT2D eigenvalue weighted by Gasteiger charge is -2.71. The molecule has 4 aliphatic carbocycles. The molecular weight excluding hydrogens is 824 g/mol. The van der Waals surface area contributed by atoms with Gasteiger partial charge in [-0.3, -0.25) is 0 Å². The zero-order valence-electron chi connectivity index (χ0n) is 38.3. The van der Waals surface area contributed by atoms with Crippen molar-refractivity contribution >= 4 is 0 Å². The van der Waals surface area contributed by atoms with Crippen LogP contribution in [0, 0.1) is 45.3 Å². The predicted molar refractivity (Wildman–Crippen MR) is 223 cm³/mol. The monoisotopic (exact) mass is 903 g/mol. The van der Waals surface area contributed by atoms with Gasteiger partial charge in [0.2, 0.25) is 0 Å². The van der Waals surface area contributed by atoms with Crippen LogP contribution in [-0.2, 0) is 28.4 Å². The first kappa shape index (κ1) is 50.0. The van der Waals surface area contributed by atoms with Crippen molar-refractivity contribution in [1.82, 2.24) is 0 Å². The van der Waals surface area contributed by atoms with Crippen LogP contribution in [0.5, 0.6) is 0 Å². The second kappa shape index (κ2) is 18.2. The van der Waals surface area contributed by atoms with Crippen LogP contribution in [0.3, 0.4) is 0 Å². The summed E-state index contributed by atoms with van der Waals surface area (Å²) >= 11 is 0. The number of aliphatic hydroxyl groups excluding tert-OH is 11. The Hall–Kier alpha value is -0.940. The first-order chi connectivity index (χ1) is 29.3. The molecular formula is C46H78O17. The van der Waals surface area contributed by atoms with Crippen molar-refractivity contribution in [3.8, 4) is 0 Å². The number of rotatable bonds is 11. The standard InChI is InChI=1S/C46H78O17/c1-21(2)10-9-13-46(8,22-11-15-44(6)30(22)23(47)16-28-43(5)14-12-29(50)42(3,4)38(43)24(48)17-45(28,44)7)63-41-37(57)34(54)32(52)26(62-41)19-59-39-36(56)33(53)27(20-60-39)61-40-35(55)31(51)25(49)18-58-40/h10,22-41,47-57H,9,11-20H2,1-8H3/t22-,23+,24-,25+,26+,27-,28+,29-,30-,31-,32+,33-,34-,35+,36+,37+,38-,39-,40-,41-,43+,44+,45+,46-/m0/s1. The summed E-state index contributed by atoms with van der Waals surface area (Å²) < 4.78 is 35.4. The maximum Gasteiger partial charge on any atom is 0.187 e. The molecule has 0 unspecified atom stereocenters. The molecule has 0 amide bonds. The number of hydrogen-bond acceptors (Lipinski definition) is 17. The predicted octanol–water partition coefficient (Wildman–Crippen LogP) is 0.222. The Balaban J connectivity index is 1.07. The number of hydrogen-bond donors (Lipinski definition) is 11. The topological polar surface area (TPSA) is 278 Å². The molecule has 3 heterocycles. The molecule has 0 aromatic carbocycles. The van der Waals surface area contributed by atoms with Crippen LogP contribution in [0.15, 0.2) is 11.6 Å². The first-order valence-corrected chi connectivity index (χ1v) is 23.3. The molecule has 0 radical (unpaired) electrons. The summed E-state index contributed by atoms with van der Waals surface area (Å²) in [7, 11) is 0. The van der Waals surface area contributed by atoms with Gasteiger partial charge in [-0.1, -0.05) is 46.3 Å². The molecule has 17 nitrogen and oxygen atoms in total. The molecule has 0 aromatic rings. The van der Waals surface area contributed by atoms with Gasteiger partial charge in [-0.2, -0.15) is 0 Å². The minimum atomic E-state index is -1.72. The lowest BCUT2D eigenvalue weighted by molar-refractivity contribution is -0.351. The quantitative estimate of drug-likeness (QED) is 0.124. The summed E-state index contributed by atoms with van der Waals surface area (Å²) in [6.45, 7) is 15.8. The third-order valence-electron chi connectivity index (χ3n) is 17.9. The Bertz CT molecular complexity index is 1610. The minimum Gasteiger partial charge on any atom is -0.393 e. The van der Waals surface area contributed by atoms with Crippen molar-refractivity contribution in [3.63, 3.8) is 0 Å². The second-order valence-electron chi connectivity index (χ2n) is 22.2. The Labute approximate surface area is 371 Å². The van der Waals surface area contributed by atoms with Gasteiger partial charge < -0.3 is 84.6 Å². The lowest BCUT2D eigenvalue weighted by atomic mass is 9.34. The molecule has 0 bridgehead atoms. The zero-order chi connectivity index (χ0) is 46.4. The Kier molecular flexibility index (Phi) is 14.4. The molecule has 24 atom stereocenters. The molecule has 17 heteroatoms. The summed E-state index contributed by atoms with van der Waals surface area (Å²) in [6, 6.07) is 0. The van der Waals surface area contributed by atoms with E-state index in [1.807, 2.05) is 20.8 Å². The van der Waals surface area contributed by atoms with Crippen molar-refractivity contribution < 1.29 is 84.6 Å². The van der Waals surface area contributed by atoms with Crippen LogP contribution in [-0.4, -0.2) is 180 Å². The molecule has 0 aromatic heterocycles. The van der Waals surface area contributed by atoms with E-state index in [4.69, 9.17) is 28.4 Å². The van der Waals surface area contributed by atoms with Crippen molar-refractivity contribution in [1.29, 1.82) is 0 Å². The largest absolute Gasteiger partial charge is 0.393 e. The molecule has 3 saturated heterocycles. The maximum atomic E-state index is 12.5. The van der Waals surface area contributed by atoms with Crippen molar-refractivity contribution in [2.75, 3.05) is 19.8 Å². The van der Waals surface area contributed by atoms with E-state index >= 15 is 0 Å². The second-order valence-corrected chi connectivity index (χ2v) is 22.2. The highest BCUT2D eigenvalue weighted by Crippen LogP contribution is 2.76. The lowest BCUT2D eigenvalue weighted by Crippen LogP contribution is -2.70. The van der Waals surface area contributed by atoms with Gasteiger partial charge in [0, 0.05) is 0 Å². The average Bonchev–Trinajstić information content (AvgIpc) is 3.60. The molecule has 7 aliphatic rings. The van der Waals surface area contributed by atoms with E-state index in [2.05, 4.69) is 40.7 Å². The third kappa shape index (κ3) is 8.53. The van der Waals surface area contributed by atoms with Crippen LogP contribution in [0.4, 0.5) is 0 Å². The molecule has 4 saturated carbocycles. The molecule has 364 valence electrons. The molecule has 3 aliphatic heterocycles. The van der Waals surface area contributed by atoms with E-state index in [0.29, 0.717) is 38.5 Å². The number of allylic oxidation sites excluding steroid dienone is 2. The smallest absolute Gasteiger partial charge is 0.187 e. The van der Waals surface area contributed by atoms with Gasteiger partial charge >= 0.3 is 0 Å². The number of fused-ring (bicyclic) bond motifs is 5. The molecule has 7 fully saturated rings. The molecule has 63 heavy (non-hydrogen) atoms. The zero-order valence-corrected chi connectivity index (χ0v) is 38.3. The fraction of sp³-hybridized carbons (Fsp3) is 0.957. The van der Waals surface area contributed by atoms with Gasteiger partial charge in [0.25, 0.3) is 0 Å². The minimum absolute atomic E-state index is 0.0907. The fourth-order valence-electron chi connectivity index (χ4n) is 14.3. The Morgan fingerprint density at radius 3 is 2.03 bits per heavy atom. The molecule has 0 spiro atoms. The van der Waals surface area contributed by atoms with Gasteiger partial charge in [0.05, 0.1) is 43.7 Å². The van der Waals surface area contributed by atoms with E-state index in [0.717, 1.165) is 18.4 Å². The van der Waals surface area contributed by atoms with Crippen LogP contribution in [0.1, 0.15) is 107 Å². The van der Waals surface area contributed by atoms with Crippen molar-refractivity contribution in [2.45, 2.75) is 211 Å². The van der Waals surface area contributed by atoms with E-state index < -0.39 is 121 Å². The average molecular weight is 903 g/mol. The van der Waals surface area contributed by atoms with Crippen molar-refractivity contribution in [2.24, 2.45) is 45.3 Å². The molecule has 11 N–H and O–H groups in total. The summed E-state index contributed by atoms with van der Waals surface area (Å²) in [5, 5.41) is 121. The first-order valence-electron chi connectivity index (χ1n) is 23.3. The highest BCUT2D eigenvalue weighted by Gasteiger charge is 2.73. The van der Waals surface area contributed by atoms with Gasteiger partial charge in [-0.05, 0) is 117 Å². The summed E-state index contributed by atoms with van der Waals surface area (Å²) in [5.74, 6) is -0.536. The normalized spacial score (nSPS) is 53.1. The van der Waals surface area contributed by atoms with Gasteiger partial charge in [-0.15, -0.1) is 0 Å². The van der Waals surface area contributed by atoms with Crippen LogP contribution >= 0.6 is 0 Å². The highest BCUT2D eigenvalue weighted by molar-refractivity contribution is 5.22. The van der Waals surface area contributed by atoms with Crippen molar-refractivity contribution in [3.05, 3.63) is 11.6 Å². The van der Waals surface area contributed by atoms with E-state index in [9.17, 15) is 56.2 Å². The van der Waals surface area contributed by atoms with Crippen LogP contribution in [0.25, 0.3) is 0 Å². The number of ether oxygens (including phenoxy) is 6.